The molecule has 0 spiro atoms. The summed E-state index contributed by atoms with van der Waals surface area (Å²) in [5.41, 5.74) is 0.933. The number of aryl methyl sites for hydroxylation is 1. The van der Waals surface area contributed by atoms with Crippen LogP contribution in [0.2, 0.25) is 0 Å². The van der Waals surface area contributed by atoms with Gasteiger partial charge in [-0.25, -0.2) is 22.9 Å². The second-order valence-corrected chi connectivity index (χ2v) is 9.05. The first-order valence-corrected chi connectivity index (χ1v) is 10.8. The number of thiazole rings is 1. The molecule has 1 aliphatic carbocycles. The lowest BCUT2D eigenvalue weighted by atomic mass is 9.79. The van der Waals surface area contributed by atoms with Gasteiger partial charge in [0.15, 0.2) is 5.82 Å². The Balaban J connectivity index is 1.39. The zero-order valence-electron chi connectivity index (χ0n) is 17.1. The van der Waals surface area contributed by atoms with Gasteiger partial charge in [0, 0.05) is 17.9 Å². The lowest BCUT2D eigenvalue weighted by Gasteiger charge is -2.31. The number of H-pyrrole nitrogens is 1. The van der Waals surface area contributed by atoms with Crippen LogP contribution in [0.5, 0.6) is 5.75 Å². The van der Waals surface area contributed by atoms with Crippen molar-refractivity contribution in [2.24, 2.45) is 5.92 Å². The number of aromatic nitrogens is 3. The van der Waals surface area contributed by atoms with Crippen LogP contribution < -0.4 is 10.5 Å². The third-order valence-electron chi connectivity index (χ3n) is 5.71. The third kappa shape index (κ3) is 4.84. The van der Waals surface area contributed by atoms with Gasteiger partial charge in [0.05, 0.1) is 21.1 Å². The Hall–Kier alpha value is -2.62. The third-order valence-corrected chi connectivity index (χ3v) is 7.00. The Bertz CT molecular complexity index is 1110. The molecule has 0 saturated heterocycles. The topological polar surface area (TPSA) is 81.0 Å². The summed E-state index contributed by atoms with van der Waals surface area (Å²) in [5, 5.41) is 4.42. The molecule has 0 bridgehead atoms. The summed E-state index contributed by atoms with van der Waals surface area (Å²) in [6.45, 7) is 3.11. The van der Waals surface area contributed by atoms with Gasteiger partial charge in [0.1, 0.15) is 18.2 Å². The van der Waals surface area contributed by atoms with Crippen molar-refractivity contribution in [3.8, 4) is 17.1 Å². The second-order valence-electron chi connectivity index (χ2n) is 7.94. The molecule has 0 atom stereocenters. The molecule has 1 saturated carbocycles. The minimum Gasteiger partial charge on any atom is -0.488 e. The van der Waals surface area contributed by atoms with Crippen molar-refractivity contribution in [1.82, 2.24) is 15.1 Å². The number of aromatic amines is 1. The molecule has 31 heavy (non-hydrogen) atoms. The molecule has 4 rings (SSSR count). The number of hydrogen-bond donors (Lipinski definition) is 1. The summed E-state index contributed by atoms with van der Waals surface area (Å²) in [6, 6.07) is 4.24. The van der Waals surface area contributed by atoms with Crippen LogP contribution >= 0.6 is 11.3 Å². The van der Waals surface area contributed by atoms with Gasteiger partial charge in [-0.2, -0.15) is 0 Å². The maximum Gasteiger partial charge on any atom is 0.439 e. The average molecular weight is 453 g/mol. The summed E-state index contributed by atoms with van der Waals surface area (Å²) in [7, 11) is 0. The molecule has 1 aromatic carbocycles. The van der Waals surface area contributed by atoms with Crippen molar-refractivity contribution in [2.45, 2.75) is 58.0 Å². The van der Waals surface area contributed by atoms with E-state index in [2.05, 4.69) is 19.6 Å². The standard InChI is InChI=1S/C21H22F3N3O3S/c1-11-17(31-19(25-11)12-3-5-13(6-4-12)21(2,23)24)10-29-14-7-8-15(16(22)9-14)18-26-20(28)30-27-18/h7-9,12-13H,3-6,10H2,1-2H3,(H,26,27,28). The number of benzene rings is 1. The van der Waals surface area contributed by atoms with Crippen LogP contribution in [0.3, 0.4) is 0 Å². The number of nitrogens with one attached hydrogen (secondary N) is 1. The largest absolute Gasteiger partial charge is 0.488 e. The maximum absolute atomic E-state index is 14.4. The molecule has 2 heterocycles. The highest BCUT2D eigenvalue weighted by Gasteiger charge is 2.37. The van der Waals surface area contributed by atoms with Crippen LogP contribution in [-0.4, -0.2) is 21.0 Å². The quantitative estimate of drug-likeness (QED) is 0.537. The molecule has 10 heteroatoms. The molecule has 0 unspecified atom stereocenters. The van der Waals surface area contributed by atoms with Crippen LogP contribution in [0.4, 0.5) is 13.2 Å². The maximum atomic E-state index is 14.4. The Kier molecular flexibility index (Phi) is 5.92. The van der Waals surface area contributed by atoms with Crippen LogP contribution in [0, 0.1) is 18.7 Å². The number of halogens is 3. The zero-order chi connectivity index (χ0) is 22.2. The molecule has 0 radical (unpaired) electrons. The smallest absolute Gasteiger partial charge is 0.439 e. The molecular weight excluding hydrogens is 431 g/mol. The first-order valence-electron chi connectivity index (χ1n) is 10.0. The minimum absolute atomic E-state index is 0.00699. The van der Waals surface area contributed by atoms with Gasteiger partial charge < -0.3 is 4.74 Å². The number of rotatable bonds is 6. The van der Waals surface area contributed by atoms with Crippen LogP contribution in [0.15, 0.2) is 27.5 Å². The lowest BCUT2D eigenvalue weighted by molar-refractivity contribution is -0.0546. The van der Waals surface area contributed by atoms with E-state index in [1.54, 1.807) is 6.07 Å². The van der Waals surface area contributed by atoms with E-state index in [4.69, 9.17) is 4.74 Å². The molecule has 2 aromatic heterocycles. The van der Waals surface area contributed by atoms with Gasteiger partial charge in [0.2, 0.25) is 5.92 Å². The van der Waals surface area contributed by atoms with Crippen LogP contribution in [0.1, 0.15) is 54.1 Å². The fourth-order valence-electron chi connectivity index (χ4n) is 3.88. The molecule has 166 valence electrons. The van der Waals surface area contributed by atoms with E-state index in [-0.39, 0.29) is 23.9 Å². The van der Waals surface area contributed by atoms with E-state index >= 15 is 0 Å². The summed E-state index contributed by atoms with van der Waals surface area (Å²) >= 11 is 1.52. The highest BCUT2D eigenvalue weighted by Crippen LogP contribution is 2.43. The SMILES string of the molecule is Cc1nc(C2CCC(C(C)(F)F)CC2)sc1COc1ccc(-c2noc(=O)[nH]2)c(F)c1. The van der Waals surface area contributed by atoms with Crippen molar-refractivity contribution in [2.75, 3.05) is 0 Å². The van der Waals surface area contributed by atoms with E-state index in [9.17, 15) is 18.0 Å². The van der Waals surface area contributed by atoms with Crippen molar-refractivity contribution in [3.05, 3.63) is 50.1 Å². The predicted octanol–water partition coefficient (Wildman–Crippen LogP) is 5.44. The number of alkyl halides is 2. The van der Waals surface area contributed by atoms with Gasteiger partial charge in [-0.15, -0.1) is 11.3 Å². The lowest BCUT2D eigenvalue weighted by Crippen LogP contribution is -2.28. The molecule has 0 amide bonds. The number of ether oxygens (including phenoxy) is 1. The highest BCUT2D eigenvalue weighted by atomic mass is 32.1. The van der Waals surface area contributed by atoms with Crippen LogP contribution in [-0.2, 0) is 6.61 Å². The molecule has 0 aliphatic heterocycles. The Morgan fingerprint density at radius 3 is 2.65 bits per heavy atom. The first kappa shape index (κ1) is 21.6. The van der Waals surface area contributed by atoms with Crippen LogP contribution in [0.25, 0.3) is 11.4 Å². The average Bonchev–Trinajstić information content (AvgIpc) is 3.31. The van der Waals surface area contributed by atoms with Gasteiger partial charge in [-0.05, 0) is 51.7 Å². The fraction of sp³-hybridized carbons (Fsp3) is 0.476. The normalized spacial score (nSPS) is 19.5. The molecule has 1 N–H and O–H groups in total. The summed E-state index contributed by atoms with van der Waals surface area (Å²) < 4.78 is 51.6. The van der Waals surface area contributed by atoms with Crippen molar-refractivity contribution in [3.63, 3.8) is 0 Å². The van der Waals surface area contributed by atoms with E-state index in [0.29, 0.717) is 31.4 Å². The molecule has 3 aromatic rings. The summed E-state index contributed by atoms with van der Waals surface area (Å²) in [6.07, 6.45) is 2.42. The zero-order valence-corrected chi connectivity index (χ0v) is 17.9. The van der Waals surface area contributed by atoms with E-state index in [0.717, 1.165) is 22.5 Å². The molecule has 6 nitrogen and oxygen atoms in total. The first-order chi connectivity index (χ1) is 14.7. The molecule has 1 fully saturated rings. The molecule has 1 aliphatic rings. The molecular formula is C21H22F3N3O3S. The minimum atomic E-state index is -2.63. The van der Waals surface area contributed by atoms with Gasteiger partial charge in [0.25, 0.3) is 0 Å². The van der Waals surface area contributed by atoms with Gasteiger partial charge in [-0.3, -0.25) is 9.51 Å². The monoisotopic (exact) mass is 453 g/mol. The van der Waals surface area contributed by atoms with Gasteiger partial charge >= 0.3 is 5.76 Å². The van der Waals surface area contributed by atoms with Gasteiger partial charge in [-0.1, -0.05) is 5.16 Å². The Morgan fingerprint density at radius 2 is 2.03 bits per heavy atom. The van der Waals surface area contributed by atoms with Crippen molar-refractivity contribution >= 4 is 11.3 Å². The number of hydrogen-bond acceptors (Lipinski definition) is 6. The Labute approximate surface area is 180 Å². The van der Waals surface area contributed by atoms with E-state index < -0.39 is 23.4 Å². The summed E-state index contributed by atoms with van der Waals surface area (Å²) in [5.74, 6) is -4.02. The van der Waals surface area contributed by atoms with Crippen molar-refractivity contribution in [1.29, 1.82) is 0 Å². The highest BCUT2D eigenvalue weighted by molar-refractivity contribution is 7.11. The van der Waals surface area contributed by atoms with E-state index in [1.807, 2.05) is 6.92 Å². The predicted molar refractivity (Wildman–Crippen MR) is 109 cm³/mol. The second kappa shape index (κ2) is 8.49. The van der Waals surface area contributed by atoms with Crippen molar-refractivity contribution < 1.29 is 22.4 Å². The van der Waals surface area contributed by atoms with E-state index in [1.165, 1.54) is 23.5 Å². The number of nitrogens with zero attached hydrogens (tertiary/aromatic N) is 2. The Morgan fingerprint density at radius 1 is 1.29 bits per heavy atom. The summed E-state index contributed by atoms with van der Waals surface area (Å²) in [4.78, 5) is 18.9. The fourth-order valence-corrected chi connectivity index (χ4v) is 5.03.